The van der Waals surface area contributed by atoms with Gasteiger partial charge in [-0.05, 0) is 25.8 Å². The van der Waals surface area contributed by atoms with Gasteiger partial charge in [0, 0.05) is 23.2 Å². The van der Waals surface area contributed by atoms with Crippen LogP contribution >= 0.6 is 0 Å². The Kier molecular flexibility index (Phi) is 4.14. The van der Waals surface area contributed by atoms with Gasteiger partial charge < -0.3 is 5.32 Å². The summed E-state index contributed by atoms with van der Waals surface area (Å²) in [6.45, 7) is 1.69. The van der Waals surface area contributed by atoms with Gasteiger partial charge in [0.1, 0.15) is 0 Å². The molecule has 1 saturated carbocycles. The highest BCUT2D eigenvalue weighted by molar-refractivity contribution is 5.92. The Morgan fingerprint density at radius 3 is 2.63 bits per heavy atom. The van der Waals surface area contributed by atoms with Crippen molar-refractivity contribution in [3.8, 4) is 0 Å². The number of nitrogens with zero attached hydrogens (tertiary/aromatic N) is 1. The number of carbonyl (C=O) groups is 1. The molecule has 1 aliphatic rings. The number of amides is 1. The number of hydrogen-bond acceptors (Lipinski definition) is 3. The Bertz CT molecular complexity index is 493. The molecule has 0 aliphatic heterocycles. The molecule has 0 spiro atoms. The molecule has 2 rings (SSSR count). The number of anilines is 1. The molecule has 0 heterocycles. The number of carbonyl (C=O) groups excluding carboxylic acids is 1. The minimum Gasteiger partial charge on any atom is -0.326 e. The van der Waals surface area contributed by atoms with Gasteiger partial charge in [-0.1, -0.05) is 25.3 Å². The van der Waals surface area contributed by atoms with Crippen molar-refractivity contribution in [3.63, 3.8) is 0 Å². The molecule has 1 amide bonds. The zero-order valence-electron chi connectivity index (χ0n) is 11.0. The Labute approximate surface area is 112 Å². The molecule has 0 radical (unpaired) electrons. The maximum atomic E-state index is 12.1. The lowest BCUT2D eigenvalue weighted by molar-refractivity contribution is -0.385. The summed E-state index contributed by atoms with van der Waals surface area (Å²) in [5, 5.41) is 13.6. The summed E-state index contributed by atoms with van der Waals surface area (Å²) in [5.41, 5.74) is 1.15. The first-order chi connectivity index (χ1) is 9.08. The van der Waals surface area contributed by atoms with Crippen LogP contribution in [0.4, 0.5) is 11.4 Å². The Hall–Kier alpha value is -1.91. The highest BCUT2D eigenvalue weighted by atomic mass is 16.6. The van der Waals surface area contributed by atoms with Crippen LogP contribution in [0.2, 0.25) is 0 Å². The van der Waals surface area contributed by atoms with Crippen molar-refractivity contribution >= 4 is 17.3 Å². The molecule has 1 aromatic rings. The van der Waals surface area contributed by atoms with Crippen LogP contribution in [0, 0.1) is 23.0 Å². The molecule has 0 bridgehead atoms. The summed E-state index contributed by atoms with van der Waals surface area (Å²) in [6, 6.07) is 4.80. The van der Waals surface area contributed by atoms with E-state index in [-0.39, 0.29) is 17.5 Å². The lowest BCUT2D eigenvalue weighted by Gasteiger charge is -2.20. The smallest absolute Gasteiger partial charge is 0.274 e. The maximum absolute atomic E-state index is 12.1. The van der Waals surface area contributed by atoms with Gasteiger partial charge in [0.15, 0.2) is 0 Å². The number of aryl methyl sites for hydroxylation is 1. The summed E-state index contributed by atoms with van der Waals surface area (Å²) in [7, 11) is 0. The fourth-order valence-electron chi connectivity index (χ4n) is 2.49. The minimum absolute atomic E-state index is 0.0159. The second-order valence-electron chi connectivity index (χ2n) is 5.08. The predicted molar refractivity (Wildman–Crippen MR) is 73.0 cm³/mol. The van der Waals surface area contributed by atoms with E-state index in [1.54, 1.807) is 19.1 Å². The monoisotopic (exact) mass is 262 g/mol. The molecule has 0 atom stereocenters. The molecular formula is C14H18N2O3. The van der Waals surface area contributed by atoms with Gasteiger partial charge in [-0.2, -0.15) is 0 Å². The van der Waals surface area contributed by atoms with E-state index in [0.717, 1.165) is 25.7 Å². The van der Waals surface area contributed by atoms with Crippen LogP contribution in [0.1, 0.15) is 37.7 Å². The molecule has 0 aromatic heterocycles. The molecule has 19 heavy (non-hydrogen) atoms. The number of hydrogen-bond donors (Lipinski definition) is 1. The second kappa shape index (κ2) is 5.82. The summed E-state index contributed by atoms with van der Waals surface area (Å²) in [6.07, 6.45) is 5.21. The molecule has 5 heteroatoms. The van der Waals surface area contributed by atoms with Crippen LogP contribution in [-0.2, 0) is 4.79 Å². The van der Waals surface area contributed by atoms with E-state index in [2.05, 4.69) is 5.32 Å². The summed E-state index contributed by atoms with van der Waals surface area (Å²) < 4.78 is 0. The zero-order chi connectivity index (χ0) is 13.8. The standard InChI is InChI=1S/C14H18N2O3/c1-10-7-8-12(9-13(10)16(18)19)15-14(17)11-5-3-2-4-6-11/h7-9,11H,2-6H2,1H3,(H,15,17). The minimum atomic E-state index is -0.425. The lowest BCUT2D eigenvalue weighted by atomic mass is 9.88. The second-order valence-corrected chi connectivity index (χ2v) is 5.08. The molecule has 0 saturated heterocycles. The van der Waals surface area contributed by atoms with Crippen molar-refractivity contribution in [2.24, 2.45) is 5.92 Å². The fraction of sp³-hybridized carbons (Fsp3) is 0.500. The van der Waals surface area contributed by atoms with E-state index < -0.39 is 4.92 Å². The topological polar surface area (TPSA) is 72.2 Å². The number of nitro groups is 1. The van der Waals surface area contributed by atoms with Crippen LogP contribution in [-0.4, -0.2) is 10.8 Å². The van der Waals surface area contributed by atoms with Crippen LogP contribution in [0.3, 0.4) is 0 Å². The van der Waals surface area contributed by atoms with Crippen molar-refractivity contribution in [1.82, 2.24) is 0 Å². The molecule has 5 nitrogen and oxygen atoms in total. The molecule has 102 valence electrons. The third-order valence-corrected chi connectivity index (χ3v) is 3.65. The first kappa shape index (κ1) is 13.5. The third kappa shape index (κ3) is 3.30. The maximum Gasteiger partial charge on any atom is 0.274 e. The van der Waals surface area contributed by atoms with Crippen LogP contribution < -0.4 is 5.32 Å². The van der Waals surface area contributed by atoms with Crippen molar-refractivity contribution in [3.05, 3.63) is 33.9 Å². The number of benzene rings is 1. The van der Waals surface area contributed by atoms with Gasteiger partial charge in [0.05, 0.1) is 4.92 Å². The highest BCUT2D eigenvalue weighted by Gasteiger charge is 2.21. The van der Waals surface area contributed by atoms with E-state index >= 15 is 0 Å². The van der Waals surface area contributed by atoms with E-state index in [0.29, 0.717) is 11.3 Å². The SMILES string of the molecule is Cc1ccc(NC(=O)C2CCCCC2)cc1[N+](=O)[O-]. The lowest BCUT2D eigenvalue weighted by Crippen LogP contribution is -2.24. The van der Waals surface area contributed by atoms with Crippen molar-refractivity contribution in [2.45, 2.75) is 39.0 Å². The number of nitrogens with one attached hydrogen (secondary N) is 1. The van der Waals surface area contributed by atoms with Gasteiger partial charge in [0.2, 0.25) is 5.91 Å². The van der Waals surface area contributed by atoms with Gasteiger partial charge in [-0.25, -0.2) is 0 Å². The van der Waals surface area contributed by atoms with Crippen LogP contribution in [0.5, 0.6) is 0 Å². The predicted octanol–water partition coefficient (Wildman–Crippen LogP) is 3.42. The first-order valence-electron chi connectivity index (χ1n) is 6.64. The van der Waals surface area contributed by atoms with Gasteiger partial charge in [-0.15, -0.1) is 0 Å². The first-order valence-corrected chi connectivity index (χ1v) is 6.64. The average Bonchev–Trinajstić information content (AvgIpc) is 2.41. The number of nitro benzene ring substituents is 1. The Morgan fingerprint density at radius 1 is 1.32 bits per heavy atom. The van der Waals surface area contributed by atoms with E-state index in [4.69, 9.17) is 0 Å². The van der Waals surface area contributed by atoms with Gasteiger partial charge in [0.25, 0.3) is 5.69 Å². The van der Waals surface area contributed by atoms with E-state index in [9.17, 15) is 14.9 Å². The highest BCUT2D eigenvalue weighted by Crippen LogP contribution is 2.26. The molecule has 1 aromatic carbocycles. The summed E-state index contributed by atoms with van der Waals surface area (Å²) in [5.74, 6) is 0.0342. The fourth-order valence-corrected chi connectivity index (χ4v) is 2.49. The molecular weight excluding hydrogens is 244 g/mol. The average molecular weight is 262 g/mol. The normalized spacial score (nSPS) is 16.1. The van der Waals surface area contributed by atoms with Crippen molar-refractivity contribution in [2.75, 3.05) is 5.32 Å². The van der Waals surface area contributed by atoms with E-state index in [1.165, 1.54) is 12.5 Å². The molecule has 1 N–H and O–H groups in total. The van der Waals surface area contributed by atoms with Gasteiger partial charge in [-0.3, -0.25) is 14.9 Å². The number of rotatable bonds is 3. The zero-order valence-corrected chi connectivity index (χ0v) is 11.0. The third-order valence-electron chi connectivity index (χ3n) is 3.65. The Balaban J connectivity index is 2.08. The summed E-state index contributed by atoms with van der Waals surface area (Å²) >= 11 is 0. The Morgan fingerprint density at radius 2 is 2.00 bits per heavy atom. The summed E-state index contributed by atoms with van der Waals surface area (Å²) in [4.78, 5) is 22.5. The van der Waals surface area contributed by atoms with Crippen LogP contribution in [0.25, 0.3) is 0 Å². The van der Waals surface area contributed by atoms with Gasteiger partial charge >= 0.3 is 0 Å². The van der Waals surface area contributed by atoms with E-state index in [1.807, 2.05) is 0 Å². The van der Waals surface area contributed by atoms with Crippen LogP contribution in [0.15, 0.2) is 18.2 Å². The van der Waals surface area contributed by atoms with Crippen molar-refractivity contribution < 1.29 is 9.72 Å². The van der Waals surface area contributed by atoms with Crippen molar-refractivity contribution in [1.29, 1.82) is 0 Å². The molecule has 1 aliphatic carbocycles. The molecule has 0 unspecified atom stereocenters. The quantitative estimate of drug-likeness (QED) is 0.670. The largest absolute Gasteiger partial charge is 0.326 e. The molecule has 1 fully saturated rings.